The number of benzene rings is 3. The Balaban J connectivity index is 1.37. The molecule has 3 amide bonds. The highest BCUT2D eigenvalue weighted by atomic mass is 35.5. The van der Waals surface area contributed by atoms with Crippen molar-refractivity contribution >= 4 is 40.8 Å². The van der Waals surface area contributed by atoms with E-state index in [1.165, 1.54) is 60.7 Å². The molecule has 1 saturated carbocycles. The quantitative estimate of drug-likeness (QED) is 0.155. The predicted octanol–water partition coefficient (Wildman–Crippen LogP) is 5.46. The third kappa shape index (κ3) is 5.30. The van der Waals surface area contributed by atoms with E-state index in [1.54, 1.807) is 12.1 Å². The molecule has 0 bridgehead atoms. The minimum absolute atomic E-state index is 0.0688. The number of hydrazine groups is 1. The minimum atomic E-state index is -0.725. The number of halogens is 1. The van der Waals surface area contributed by atoms with Gasteiger partial charge in [0.15, 0.2) is 5.78 Å². The van der Waals surface area contributed by atoms with Crippen molar-refractivity contribution in [3.05, 3.63) is 99.1 Å². The summed E-state index contributed by atoms with van der Waals surface area (Å²) in [6.07, 6.45) is 2.76. The summed E-state index contributed by atoms with van der Waals surface area (Å²) in [6, 6.07) is 17.9. The van der Waals surface area contributed by atoms with Crippen LogP contribution < -0.4 is 4.74 Å². The average molecular weight is 562 g/mol. The van der Waals surface area contributed by atoms with E-state index >= 15 is 0 Å². The lowest BCUT2D eigenvalue weighted by molar-refractivity contribution is -0.384. The summed E-state index contributed by atoms with van der Waals surface area (Å²) in [4.78, 5) is 63.9. The summed E-state index contributed by atoms with van der Waals surface area (Å²) in [5.74, 6) is -2.45. The number of carbonyl (C=O) groups is 4. The molecule has 2 atom stereocenters. The Morgan fingerprint density at radius 3 is 2.00 bits per heavy atom. The molecule has 3 aromatic rings. The normalized spacial score (nSPS) is 18.3. The fraction of sp³-hybridized carbons (Fsp3) is 0.241. The molecule has 1 saturated heterocycles. The lowest BCUT2D eigenvalue weighted by atomic mass is 9.81. The fourth-order valence-corrected chi connectivity index (χ4v) is 5.31. The van der Waals surface area contributed by atoms with Crippen molar-refractivity contribution in [1.29, 1.82) is 0 Å². The van der Waals surface area contributed by atoms with Crippen LogP contribution in [0, 0.1) is 22.0 Å². The Kier molecular flexibility index (Phi) is 7.61. The third-order valence-corrected chi connectivity index (χ3v) is 7.48. The number of Topliss-reactive ketones (excluding diaryl/α,β-unsaturated/α-hetero) is 1. The van der Waals surface area contributed by atoms with E-state index in [1.807, 2.05) is 0 Å². The standard InChI is InChI=1S/C29H24ClN3O7/c30-25-8-4-3-7-24(25)27(35)31(32-28(36)22-5-1-2-6-23(22)29(32)37)17-26(34)18-9-13-20(14-10-18)40-21-15-11-19(12-16-21)33(38)39/h3-4,7-16,22-23H,1-2,5-6,17H2/t22-,23+. The summed E-state index contributed by atoms with van der Waals surface area (Å²) in [6.45, 7) is -0.552. The van der Waals surface area contributed by atoms with Crippen LogP contribution in [0.3, 0.4) is 0 Å². The van der Waals surface area contributed by atoms with Crippen LogP contribution in [0.15, 0.2) is 72.8 Å². The predicted molar refractivity (Wildman–Crippen MR) is 144 cm³/mol. The van der Waals surface area contributed by atoms with Crippen molar-refractivity contribution in [3.63, 3.8) is 0 Å². The highest BCUT2D eigenvalue weighted by molar-refractivity contribution is 6.34. The van der Waals surface area contributed by atoms with Crippen LogP contribution >= 0.6 is 11.6 Å². The van der Waals surface area contributed by atoms with Crippen molar-refractivity contribution in [2.75, 3.05) is 6.54 Å². The zero-order valence-electron chi connectivity index (χ0n) is 21.2. The summed E-state index contributed by atoms with van der Waals surface area (Å²) < 4.78 is 5.69. The Morgan fingerprint density at radius 2 is 1.45 bits per heavy atom. The monoisotopic (exact) mass is 561 g/mol. The van der Waals surface area contributed by atoms with Gasteiger partial charge in [0.1, 0.15) is 18.0 Å². The van der Waals surface area contributed by atoms with Gasteiger partial charge >= 0.3 is 0 Å². The van der Waals surface area contributed by atoms with Gasteiger partial charge in [-0.2, -0.15) is 5.01 Å². The van der Waals surface area contributed by atoms with Crippen LogP contribution in [0.2, 0.25) is 5.02 Å². The van der Waals surface area contributed by atoms with Crippen LogP contribution in [0.1, 0.15) is 46.4 Å². The maximum absolute atomic E-state index is 13.6. The van der Waals surface area contributed by atoms with Crippen LogP contribution in [0.5, 0.6) is 11.5 Å². The maximum atomic E-state index is 13.6. The van der Waals surface area contributed by atoms with Crippen molar-refractivity contribution in [2.24, 2.45) is 11.8 Å². The number of carbonyl (C=O) groups excluding carboxylic acids is 4. The fourth-order valence-electron chi connectivity index (χ4n) is 5.10. The molecule has 1 aliphatic heterocycles. The Bertz CT molecular complexity index is 1470. The van der Waals surface area contributed by atoms with Crippen LogP contribution in [0.4, 0.5) is 5.69 Å². The number of non-ortho nitro benzene ring substituents is 1. The first-order valence-electron chi connectivity index (χ1n) is 12.7. The van der Waals surface area contributed by atoms with E-state index in [0.29, 0.717) is 24.3 Å². The largest absolute Gasteiger partial charge is 0.457 e. The van der Waals surface area contributed by atoms with Crippen molar-refractivity contribution in [1.82, 2.24) is 10.0 Å². The van der Waals surface area contributed by atoms with Crippen molar-refractivity contribution in [3.8, 4) is 11.5 Å². The molecule has 0 radical (unpaired) electrons. The topological polar surface area (TPSA) is 127 Å². The second-order valence-electron chi connectivity index (χ2n) is 9.63. The zero-order chi connectivity index (χ0) is 28.4. The van der Waals surface area contributed by atoms with Gasteiger partial charge in [0.05, 0.1) is 27.3 Å². The second-order valence-corrected chi connectivity index (χ2v) is 10.0. The SMILES string of the molecule is O=C(CN(C(=O)c1ccccc1Cl)N1C(=O)[C@H]2CCCC[C@H]2C1=O)c1ccc(Oc2ccc([N+](=O)[O-])cc2)cc1. The Morgan fingerprint density at radius 1 is 0.900 bits per heavy atom. The molecule has 2 aliphatic rings. The summed E-state index contributed by atoms with van der Waals surface area (Å²) in [5, 5.41) is 12.7. The van der Waals surface area contributed by atoms with Gasteiger partial charge < -0.3 is 4.74 Å². The van der Waals surface area contributed by atoms with E-state index in [9.17, 15) is 29.3 Å². The van der Waals surface area contributed by atoms with Gasteiger partial charge in [-0.25, -0.2) is 5.01 Å². The van der Waals surface area contributed by atoms with Crippen LogP contribution in [-0.2, 0) is 9.59 Å². The molecule has 2 fully saturated rings. The second kappa shape index (κ2) is 11.3. The number of fused-ring (bicyclic) bond motifs is 1. The molecule has 5 rings (SSSR count). The molecule has 204 valence electrons. The number of nitrogens with zero attached hydrogens (tertiary/aromatic N) is 3. The first kappa shape index (κ1) is 27.0. The molecule has 3 aromatic carbocycles. The molecule has 10 nitrogen and oxygen atoms in total. The minimum Gasteiger partial charge on any atom is -0.457 e. The van der Waals surface area contributed by atoms with E-state index in [-0.39, 0.29) is 21.8 Å². The number of hydrogen-bond acceptors (Lipinski definition) is 7. The highest BCUT2D eigenvalue weighted by Crippen LogP contribution is 2.39. The van der Waals surface area contributed by atoms with Crippen molar-refractivity contribution < 1.29 is 28.8 Å². The highest BCUT2D eigenvalue weighted by Gasteiger charge is 2.52. The molecule has 40 heavy (non-hydrogen) atoms. The van der Waals surface area contributed by atoms with Gasteiger partial charge in [0.2, 0.25) is 0 Å². The first-order valence-corrected chi connectivity index (χ1v) is 13.1. The van der Waals surface area contributed by atoms with Crippen molar-refractivity contribution in [2.45, 2.75) is 25.7 Å². The van der Waals surface area contributed by atoms with E-state index in [4.69, 9.17) is 16.3 Å². The number of hydrogen-bond donors (Lipinski definition) is 0. The smallest absolute Gasteiger partial charge is 0.274 e. The average Bonchev–Trinajstić information content (AvgIpc) is 3.21. The molecule has 0 unspecified atom stereocenters. The van der Waals surface area contributed by atoms with Crippen LogP contribution in [-0.4, -0.2) is 45.0 Å². The van der Waals surface area contributed by atoms with Gasteiger partial charge in [-0.05, 0) is 61.4 Å². The van der Waals surface area contributed by atoms with E-state index in [0.717, 1.165) is 22.9 Å². The molecule has 1 heterocycles. The lowest BCUT2D eigenvalue weighted by Crippen LogP contribution is -2.52. The number of amides is 3. The molecule has 0 N–H and O–H groups in total. The lowest BCUT2D eigenvalue weighted by Gasteiger charge is -2.30. The van der Waals surface area contributed by atoms with Gasteiger partial charge in [-0.15, -0.1) is 0 Å². The zero-order valence-corrected chi connectivity index (χ0v) is 22.0. The molecule has 11 heteroatoms. The van der Waals surface area contributed by atoms with Gasteiger partial charge in [0.25, 0.3) is 23.4 Å². The van der Waals surface area contributed by atoms with E-state index in [2.05, 4.69) is 0 Å². The first-order chi connectivity index (χ1) is 19.2. The van der Waals surface area contributed by atoms with Gasteiger partial charge in [-0.1, -0.05) is 36.6 Å². The third-order valence-electron chi connectivity index (χ3n) is 7.15. The Hall–Kier alpha value is -4.57. The molecule has 0 aromatic heterocycles. The van der Waals surface area contributed by atoms with Crippen LogP contribution in [0.25, 0.3) is 0 Å². The molecular weight excluding hydrogens is 538 g/mol. The maximum Gasteiger partial charge on any atom is 0.274 e. The molecular formula is C29H24ClN3O7. The number of nitro groups is 1. The molecule has 1 aliphatic carbocycles. The number of rotatable bonds is 8. The van der Waals surface area contributed by atoms with E-state index < -0.39 is 46.8 Å². The summed E-state index contributed by atoms with van der Waals surface area (Å²) in [7, 11) is 0. The summed E-state index contributed by atoms with van der Waals surface area (Å²) in [5.41, 5.74) is 0.224. The van der Waals surface area contributed by atoms with Gasteiger partial charge in [-0.3, -0.25) is 29.3 Å². The number of imide groups is 1. The number of ether oxygens (including phenoxy) is 1. The Labute approximate surface area is 234 Å². The van der Waals surface area contributed by atoms with Gasteiger partial charge in [0, 0.05) is 17.7 Å². The summed E-state index contributed by atoms with van der Waals surface area (Å²) >= 11 is 6.26. The number of ketones is 1. The number of nitro benzene ring substituents is 1. The molecule has 0 spiro atoms.